The van der Waals surface area contributed by atoms with Crippen molar-refractivity contribution in [2.75, 3.05) is 5.32 Å². The number of halogens is 2. The molecular formula is C21H23F2N3O2. The molecule has 1 aliphatic carbocycles. The third-order valence-electron chi connectivity index (χ3n) is 4.94. The zero-order valence-electron chi connectivity index (χ0n) is 14.8. The van der Waals surface area contributed by atoms with Crippen LogP contribution in [0.4, 0.5) is 14.7 Å². The predicted molar refractivity (Wildman–Crippen MR) is 105 cm³/mol. The average molecular weight is 387 g/mol. The molecule has 0 bridgehead atoms. The van der Waals surface area contributed by atoms with Gasteiger partial charge in [0.05, 0.1) is 28.7 Å². The maximum Gasteiger partial charge on any atom is 0.229 e. The van der Waals surface area contributed by atoms with Gasteiger partial charge in [0, 0.05) is 6.07 Å². The first-order valence-electron chi connectivity index (χ1n) is 8.81. The number of aliphatic hydroxyl groups is 1. The lowest BCUT2D eigenvalue weighted by Crippen LogP contribution is -2.40. The van der Waals surface area contributed by atoms with Crippen molar-refractivity contribution in [1.82, 2.24) is 9.55 Å². The first-order chi connectivity index (χ1) is 12.8. The number of rotatable bonds is 4. The van der Waals surface area contributed by atoms with Gasteiger partial charge in [-0.2, -0.15) is 0 Å². The number of benzene rings is 2. The maximum atomic E-state index is 13.8. The number of fused-ring (bicyclic) bond motifs is 1. The molecule has 0 atom stereocenters. The second-order valence-corrected chi connectivity index (χ2v) is 7.19. The van der Waals surface area contributed by atoms with Crippen LogP contribution in [0, 0.1) is 18.6 Å². The van der Waals surface area contributed by atoms with Crippen LogP contribution in [0.5, 0.6) is 0 Å². The van der Waals surface area contributed by atoms with E-state index in [1.807, 2.05) is 19.1 Å². The van der Waals surface area contributed by atoms with Crippen LogP contribution in [0.25, 0.3) is 16.7 Å². The van der Waals surface area contributed by atoms with Crippen LogP contribution in [-0.2, 0) is 4.79 Å². The number of hydrogen-bond acceptors (Lipinski definition) is 3. The van der Waals surface area contributed by atoms with Gasteiger partial charge in [-0.25, -0.2) is 13.8 Å². The Balaban J connectivity index is 0.00000225. The van der Waals surface area contributed by atoms with Gasteiger partial charge in [-0.3, -0.25) is 14.7 Å². The van der Waals surface area contributed by atoms with E-state index in [0.717, 1.165) is 18.1 Å². The van der Waals surface area contributed by atoms with E-state index in [9.17, 15) is 18.7 Å². The molecule has 4 rings (SSSR count). The van der Waals surface area contributed by atoms with Crippen molar-refractivity contribution in [3.8, 4) is 5.69 Å². The summed E-state index contributed by atoms with van der Waals surface area (Å²) < 4.78 is 29.1. The van der Waals surface area contributed by atoms with E-state index >= 15 is 0 Å². The van der Waals surface area contributed by atoms with Crippen LogP contribution in [0.15, 0.2) is 36.4 Å². The molecule has 0 spiro atoms. The molecule has 1 amide bonds. The third kappa shape index (κ3) is 3.75. The van der Waals surface area contributed by atoms with E-state index in [-0.39, 0.29) is 31.4 Å². The molecular weight excluding hydrogens is 364 g/mol. The molecule has 1 saturated carbocycles. The van der Waals surface area contributed by atoms with Crippen LogP contribution in [0.2, 0.25) is 0 Å². The predicted octanol–water partition coefficient (Wildman–Crippen LogP) is 4.49. The molecule has 1 heterocycles. The minimum Gasteiger partial charge on any atom is -0.389 e. The summed E-state index contributed by atoms with van der Waals surface area (Å²) in [5.41, 5.74) is 1.41. The standard InChI is InChI=1S/C20H19F2N3O2.CH4/c1-12-3-4-16-17(7-12)25(15-9-13(21)8-14(22)10-15)19(23-16)24-18(26)11-20(27)5-2-6-20;/h3-4,7-10,27H,2,5-6,11H2,1H3,(H,23,24,26);1H4. The number of carbonyl (C=O) groups is 1. The zero-order valence-corrected chi connectivity index (χ0v) is 14.8. The molecule has 2 N–H and O–H groups in total. The van der Waals surface area contributed by atoms with Crippen LogP contribution in [-0.4, -0.2) is 26.2 Å². The fourth-order valence-corrected chi connectivity index (χ4v) is 3.43. The van der Waals surface area contributed by atoms with Crippen molar-refractivity contribution < 1.29 is 18.7 Å². The molecule has 28 heavy (non-hydrogen) atoms. The molecule has 0 radical (unpaired) electrons. The summed E-state index contributed by atoms with van der Waals surface area (Å²) in [5, 5.41) is 12.9. The quantitative estimate of drug-likeness (QED) is 0.693. The minimum atomic E-state index is -0.970. The molecule has 0 saturated heterocycles. The van der Waals surface area contributed by atoms with Gasteiger partial charge in [0.2, 0.25) is 11.9 Å². The van der Waals surface area contributed by atoms with Gasteiger partial charge in [-0.1, -0.05) is 13.5 Å². The smallest absolute Gasteiger partial charge is 0.229 e. The van der Waals surface area contributed by atoms with Crippen molar-refractivity contribution >= 4 is 22.9 Å². The zero-order chi connectivity index (χ0) is 19.2. The third-order valence-corrected chi connectivity index (χ3v) is 4.94. The normalized spacial score (nSPS) is 15.0. The van der Waals surface area contributed by atoms with Crippen LogP contribution >= 0.6 is 0 Å². The minimum absolute atomic E-state index is 0. The number of nitrogens with zero attached hydrogens (tertiary/aromatic N) is 2. The lowest BCUT2D eigenvalue weighted by atomic mass is 9.78. The van der Waals surface area contributed by atoms with E-state index in [2.05, 4.69) is 10.3 Å². The van der Waals surface area contributed by atoms with Gasteiger partial charge in [-0.05, 0) is 56.0 Å². The Kier molecular flexibility index (Phi) is 5.21. The van der Waals surface area contributed by atoms with E-state index in [4.69, 9.17) is 0 Å². The molecule has 0 aliphatic heterocycles. The number of hydrogen-bond donors (Lipinski definition) is 2. The number of anilines is 1. The molecule has 7 heteroatoms. The number of imidazole rings is 1. The van der Waals surface area contributed by atoms with Gasteiger partial charge in [-0.15, -0.1) is 0 Å². The number of nitrogens with one attached hydrogen (secondary N) is 1. The summed E-state index contributed by atoms with van der Waals surface area (Å²) in [6.07, 6.45) is 2.03. The first kappa shape index (κ1) is 19.9. The Hall–Kier alpha value is -2.80. The molecule has 1 aromatic heterocycles. The van der Waals surface area contributed by atoms with Gasteiger partial charge >= 0.3 is 0 Å². The van der Waals surface area contributed by atoms with E-state index in [0.29, 0.717) is 23.9 Å². The first-order valence-corrected chi connectivity index (χ1v) is 8.81. The van der Waals surface area contributed by atoms with E-state index in [1.165, 1.54) is 16.7 Å². The van der Waals surface area contributed by atoms with Crippen molar-refractivity contribution in [2.24, 2.45) is 0 Å². The van der Waals surface area contributed by atoms with Gasteiger partial charge in [0.25, 0.3) is 0 Å². The average Bonchev–Trinajstić information content (AvgIpc) is 2.89. The highest BCUT2D eigenvalue weighted by Crippen LogP contribution is 2.35. The van der Waals surface area contributed by atoms with Crippen molar-refractivity contribution in [3.05, 3.63) is 53.6 Å². The summed E-state index contributed by atoms with van der Waals surface area (Å²) >= 11 is 0. The van der Waals surface area contributed by atoms with Gasteiger partial charge < -0.3 is 5.11 Å². The van der Waals surface area contributed by atoms with E-state index in [1.54, 1.807) is 6.07 Å². The summed E-state index contributed by atoms with van der Waals surface area (Å²) in [6, 6.07) is 8.64. The molecule has 3 aromatic rings. The summed E-state index contributed by atoms with van der Waals surface area (Å²) in [6.45, 7) is 1.90. The monoisotopic (exact) mass is 387 g/mol. The second kappa shape index (κ2) is 7.31. The highest BCUT2D eigenvalue weighted by atomic mass is 19.1. The van der Waals surface area contributed by atoms with Crippen molar-refractivity contribution in [3.63, 3.8) is 0 Å². The number of amides is 1. The SMILES string of the molecule is C.Cc1ccc2nc(NC(=O)CC3(O)CCC3)n(-c3cc(F)cc(F)c3)c2c1. The van der Waals surface area contributed by atoms with Gasteiger partial charge in [0.1, 0.15) is 11.6 Å². The Morgan fingerprint density at radius 1 is 1.21 bits per heavy atom. The van der Waals surface area contributed by atoms with Gasteiger partial charge in [0.15, 0.2) is 0 Å². The number of aryl methyl sites for hydroxylation is 1. The Morgan fingerprint density at radius 2 is 1.89 bits per heavy atom. The van der Waals surface area contributed by atoms with Crippen LogP contribution in [0.3, 0.4) is 0 Å². The lowest BCUT2D eigenvalue weighted by Gasteiger charge is -2.35. The number of aromatic nitrogens is 2. The Morgan fingerprint density at radius 3 is 2.50 bits per heavy atom. The molecule has 148 valence electrons. The lowest BCUT2D eigenvalue weighted by molar-refractivity contribution is -0.125. The van der Waals surface area contributed by atoms with Crippen molar-refractivity contribution in [2.45, 2.75) is 45.6 Å². The van der Waals surface area contributed by atoms with Crippen LogP contribution < -0.4 is 5.32 Å². The Labute approximate surface area is 162 Å². The molecule has 2 aromatic carbocycles. The maximum absolute atomic E-state index is 13.8. The highest BCUT2D eigenvalue weighted by Gasteiger charge is 2.36. The fourth-order valence-electron chi connectivity index (χ4n) is 3.43. The molecule has 1 fully saturated rings. The Bertz CT molecular complexity index is 1020. The van der Waals surface area contributed by atoms with Crippen molar-refractivity contribution in [1.29, 1.82) is 0 Å². The summed E-state index contributed by atoms with van der Waals surface area (Å²) in [5.74, 6) is -1.67. The molecule has 0 unspecified atom stereocenters. The van der Waals surface area contributed by atoms with Crippen LogP contribution in [0.1, 0.15) is 38.7 Å². The largest absolute Gasteiger partial charge is 0.389 e. The highest BCUT2D eigenvalue weighted by molar-refractivity contribution is 5.93. The topological polar surface area (TPSA) is 67.2 Å². The summed E-state index contributed by atoms with van der Waals surface area (Å²) in [4.78, 5) is 16.8. The summed E-state index contributed by atoms with van der Waals surface area (Å²) in [7, 11) is 0. The second-order valence-electron chi connectivity index (χ2n) is 7.19. The van der Waals surface area contributed by atoms with E-state index < -0.39 is 17.2 Å². The molecule has 1 aliphatic rings. The molecule has 5 nitrogen and oxygen atoms in total. The fraction of sp³-hybridized carbons (Fsp3) is 0.333. The number of carbonyl (C=O) groups excluding carboxylic acids is 1.